The zero-order valence-corrected chi connectivity index (χ0v) is 14.3. The van der Waals surface area contributed by atoms with E-state index in [0.717, 1.165) is 22.3 Å². The van der Waals surface area contributed by atoms with Gasteiger partial charge in [0, 0.05) is 15.9 Å². The molecule has 0 aliphatic rings. The van der Waals surface area contributed by atoms with Gasteiger partial charge < -0.3 is 5.32 Å². The molecule has 2 rings (SSSR count). The van der Waals surface area contributed by atoms with E-state index in [1.165, 1.54) is 11.1 Å². The van der Waals surface area contributed by atoms with Crippen molar-refractivity contribution in [1.82, 2.24) is 0 Å². The van der Waals surface area contributed by atoms with Crippen LogP contribution >= 0.6 is 27.7 Å². The normalized spacial score (nSPS) is 10.4. The molecule has 0 atom stereocenters. The minimum absolute atomic E-state index is 0.0382. The highest BCUT2D eigenvalue weighted by molar-refractivity contribution is 9.10. The topological polar surface area (TPSA) is 29.1 Å². The molecule has 0 saturated heterocycles. The van der Waals surface area contributed by atoms with E-state index in [2.05, 4.69) is 34.2 Å². The molecular weight excluding hydrogens is 346 g/mol. The van der Waals surface area contributed by atoms with Crippen LogP contribution in [0.2, 0.25) is 0 Å². The Morgan fingerprint density at radius 3 is 2.52 bits per heavy atom. The van der Waals surface area contributed by atoms with Gasteiger partial charge in [0.1, 0.15) is 0 Å². The highest BCUT2D eigenvalue weighted by atomic mass is 79.9. The monoisotopic (exact) mass is 363 g/mol. The molecule has 2 aromatic carbocycles. The Morgan fingerprint density at radius 2 is 1.86 bits per heavy atom. The number of nitrogens with one attached hydrogen (secondary N) is 1. The first-order valence-corrected chi connectivity index (χ1v) is 8.83. The molecule has 0 aliphatic heterocycles. The van der Waals surface area contributed by atoms with E-state index >= 15 is 0 Å². The fraction of sp³-hybridized carbons (Fsp3) is 0.235. The van der Waals surface area contributed by atoms with E-state index in [9.17, 15) is 4.79 Å². The predicted octanol–water partition coefficient (Wildman–Crippen LogP) is 4.88. The number of amides is 1. The largest absolute Gasteiger partial charge is 0.325 e. The number of hydrogen-bond donors (Lipinski definition) is 1. The van der Waals surface area contributed by atoms with Crippen LogP contribution in [0.4, 0.5) is 5.69 Å². The van der Waals surface area contributed by atoms with Crippen LogP contribution in [0.3, 0.4) is 0 Å². The summed E-state index contributed by atoms with van der Waals surface area (Å²) in [5.41, 5.74) is 3.34. The van der Waals surface area contributed by atoms with Crippen molar-refractivity contribution in [2.75, 3.05) is 11.1 Å². The Hall–Kier alpha value is -1.26. The van der Waals surface area contributed by atoms with Crippen molar-refractivity contribution in [2.45, 2.75) is 19.1 Å². The van der Waals surface area contributed by atoms with Crippen LogP contribution in [0.1, 0.15) is 18.1 Å². The summed E-state index contributed by atoms with van der Waals surface area (Å²) >= 11 is 5.13. The van der Waals surface area contributed by atoms with E-state index < -0.39 is 0 Å². The first kappa shape index (κ1) is 16.1. The van der Waals surface area contributed by atoms with Crippen LogP contribution in [0.15, 0.2) is 53.0 Å². The summed E-state index contributed by atoms with van der Waals surface area (Å²) in [5.74, 6) is 1.32. The zero-order valence-electron chi connectivity index (χ0n) is 11.9. The summed E-state index contributed by atoms with van der Waals surface area (Å²) in [6.45, 7) is 2.12. The van der Waals surface area contributed by atoms with Gasteiger partial charge in [0.05, 0.1) is 5.75 Å². The van der Waals surface area contributed by atoms with Gasteiger partial charge in [-0.2, -0.15) is 0 Å². The molecule has 0 aliphatic carbocycles. The van der Waals surface area contributed by atoms with Gasteiger partial charge in [0.25, 0.3) is 0 Å². The third kappa shape index (κ3) is 5.21. The van der Waals surface area contributed by atoms with Crippen molar-refractivity contribution < 1.29 is 4.79 Å². The molecule has 0 bridgehead atoms. The van der Waals surface area contributed by atoms with Crippen LogP contribution in [0.25, 0.3) is 0 Å². The molecule has 1 amide bonds. The van der Waals surface area contributed by atoms with Crippen LogP contribution in [0.5, 0.6) is 0 Å². The van der Waals surface area contributed by atoms with Crippen molar-refractivity contribution in [3.05, 3.63) is 64.1 Å². The van der Waals surface area contributed by atoms with Crippen molar-refractivity contribution in [2.24, 2.45) is 0 Å². The maximum absolute atomic E-state index is 11.9. The lowest BCUT2D eigenvalue weighted by molar-refractivity contribution is -0.113. The lowest BCUT2D eigenvalue weighted by Gasteiger charge is -2.07. The van der Waals surface area contributed by atoms with Crippen LogP contribution in [0, 0.1) is 0 Å². The summed E-state index contributed by atoms with van der Waals surface area (Å²) in [6.07, 6.45) is 1.01. The van der Waals surface area contributed by atoms with Crippen molar-refractivity contribution in [1.29, 1.82) is 0 Å². The van der Waals surface area contributed by atoms with Crippen LogP contribution in [-0.4, -0.2) is 11.7 Å². The summed E-state index contributed by atoms with van der Waals surface area (Å²) in [4.78, 5) is 11.9. The number of carbonyl (C=O) groups is 1. The second kappa shape index (κ2) is 8.25. The molecule has 0 saturated carbocycles. The molecule has 2 nitrogen and oxygen atoms in total. The maximum Gasteiger partial charge on any atom is 0.234 e. The van der Waals surface area contributed by atoms with E-state index in [1.54, 1.807) is 11.8 Å². The van der Waals surface area contributed by atoms with Crippen molar-refractivity contribution >= 4 is 39.3 Å². The second-order valence-electron chi connectivity index (χ2n) is 4.68. The van der Waals surface area contributed by atoms with Gasteiger partial charge in [-0.05, 0) is 35.7 Å². The van der Waals surface area contributed by atoms with E-state index in [4.69, 9.17) is 0 Å². The standard InChI is InChI=1S/C17H18BrNOS/c1-2-13-7-9-15(10-8-13)19-17(20)12-21-11-14-5-3-4-6-16(14)18/h3-10H,2,11-12H2,1H3,(H,19,20). The lowest BCUT2D eigenvalue weighted by Crippen LogP contribution is -2.14. The number of hydrogen-bond acceptors (Lipinski definition) is 2. The first-order valence-electron chi connectivity index (χ1n) is 6.89. The van der Waals surface area contributed by atoms with E-state index in [0.29, 0.717) is 5.75 Å². The third-order valence-corrected chi connectivity index (χ3v) is 4.85. The SMILES string of the molecule is CCc1ccc(NC(=O)CSCc2ccccc2Br)cc1. The highest BCUT2D eigenvalue weighted by Gasteiger charge is 2.04. The van der Waals surface area contributed by atoms with Gasteiger partial charge in [-0.25, -0.2) is 0 Å². The van der Waals surface area contributed by atoms with Gasteiger partial charge in [0.2, 0.25) is 5.91 Å². The lowest BCUT2D eigenvalue weighted by atomic mass is 10.1. The molecule has 0 aromatic heterocycles. The van der Waals surface area contributed by atoms with Crippen molar-refractivity contribution in [3.8, 4) is 0 Å². The average molecular weight is 364 g/mol. The molecule has 21 heavy (non-hydrogen) atoms. The van der Waals surface area contributed by atoms with Crippen LogP contribution < -0.4 is 5.32 Å². The van der Waals surface area contributed by atoms with Gasteiger partial charge in [-0.1, -0.05) is 53.2 Å². The third-order valence-electron chi connectivity index (χ3n) is 3.09. The highest BCUT2D eigenvalue weighted by Crippen LogP contribution is 2.21. The molecule has 0 heterocycles. The summed E-state index contributed by atoms with van der Waals surface area (Å²) < 4.78 is 1.09. The summed E-state index contributed by atoms with van der Waals surface area (Å²) in [6, 6.07) is 16.1. The minimum Gasteiger partial charge on any atom is -0.325 e. The smallest absolute Gasteiger partial charge is 0.234 e. The fourth-order valence-electron chi connectivity index (χ4n) is 1.89. The van der Waals surface area contributed by atoms with Crippen molar-refractivity contribution in [3.63, 3.8) is 0 Å². The Labute approximate surface area is 138 Å². The van der Waals surface area contributed by atoms with Gasteiger partial charge in [-0.3, -0.25) is 4.79 Å². The molecule has 0 radical (unpaired) electrons. The molecule has 1 N–H and O–H groups in total. The molecule has 110 valence electrons. The molecule has 0 fully saturated rings. The molecule has 0 unspecified atom stereocenters. The summed E-state index contributed by atoms with van der Waals surface area (Å²) in [7, 11) is 0. The summed E-state index contributed by atoms with van der Waals surface area (Å²) in [5, 5.41) is 2.92. The van der Waals surface area contributed by atoms with E-state index in [1.807, 2.05) is 42.5 Å². The first-order chi connectivity index (χ1) is 10.2. The van der Waals surface area contributed by atoms with Gasteiger partial charge in [-0.15, -0.1) is 11.8 Å². The zero-order chi connectivity index (χ0) is 15.1. The molecule has 2 aromatic rings. The number of anilines is 1. The Kier molecular flexibility index (Phi) is 6.33. The maximum atomic E-state index is 11.9. The number of benzene rings is 2. The minimum atomic E-state index is 0.0382. The fourth-order valence-corrected chi connectivity index (χ4v) is 3.33. The van der Waals surface area contributed by atoms with Crippen LogP contribution in [-0.2, 0) is 17.0 Å². The number of halogens is 1. The Bertz CT molecular complexity index is 598. The van der Waals surface area contributed by atoms with Gasteiger partial charge >= 0.3 is 0 Å². The second-order valence-corrected chi connectivity index (χ2v) is 6.52. The average Bonchev–Trinajstić information content (AvgIpc) is 2.50. The molecule has 4 heteroatoms. The Balaban J connectivity index is 1.78. The number of rotatable bonds is 6. The van der Waals surface area contributed by atoms with E-state index in [-0.39, 0.29) is 5.91 Å². The van der Waals surface area contributed by atoms with Gasteiger partial charge in [0.15, 0.2) is 0 Å². The Morgan fingerprint density at radius 1 is 1.14 bits per heavy atom. The number of carbonyl (C=O) groups excluding carboxylic acids is 1. The number of thioether (sulfide) groups is 1. The quantitative estimate of drug-likeness (QED) is 0.791. The predicted molar refractivity (Wildman–Crippen MR) is 94.8 cm³/mol. The molecular formula is C17H18BrNOS. The molecule has 0 spiro atoms. The number of aryl methyl sites for hydroxylation is 1.